The summed E-state index contributed by atoms with van der Waals surface area (Å²) in [4.78, 5) is 12.6. The molecule has 2 atom stereocenters. The fourth-order valence-corrected chi connectivity index (χ4v) is 6.24. The van der Waals surface area contributed by atoms with Crippen LogP contribution in [0, 0.1) is 5.92 Å². The normalized spacial score (nSPS) is 13.2. The summed E-state index contributed by atoms with van der Waals surface area (Å²) >= 11 is 1.68. The Bertz CT molecular complexity index is 895. The highest BCUT2D eigenvalue weighted by Crippen LogP contribution is 2.49. The van der Waals surface area contributed by atoms with Crippen molar-refractivity contribution >= 4 is 17.7 Å². The molecule has 4 heteroatoms. The molecule has 3 nitrogen and oxygen atoms in total. The summed E-state index contributed by atoms with van der Waals surface area (Å²) < 4.78 is 4.57. The van der Waals surface area contributed by atoms with Gasteiger partial charge < -0.3 is 9.84 Å². The second-order valence-corrected chi connectivity index (χ2v) is 10.2. The first kappa shape index (κ1) is 27.0. The van der Waals surface area contributed by atoms with Gasteiger partial charge in [0, 0.05) is 5.75 Å². The van der Waals surface area contributed by atoms with Crippen molar-refractivity contribution in [1.82, 2.24) is 0 Å². The summed E-state index contributed by atoms with van der Waals surface area (Å²) in [6.07, 6.45) is 5.39. The summed E-state index contributed by atoms with van der Waals surface area (Å²) in [5.41, 5.74) is 3.43. The maximum absolute atomic E-state index is 12.6. The summed E-state index contributed by atoms with van der Waals surface area (Å²) in [7, 11) is 1.41. The Morgan fingerprint density at radius 3 is 1.69 bits per heavy atom. The molecule has 0 spiro atoms. The number of ether oxygens (including phenoxy) is 1. The van der Waals surface area contributed by atoms with E-state index in [4.69, 9.17) is 4.74 Å². The van der Waals surface area contributed by atoms with Crippen molar-refractivity contribution in [3.8, 4) is 0 Å². The van der Waals surface area contributed by atoms with Gasteiger partial charge in [-0.25, -0.2) is 0 Å². The Morgan fingerprint density at radius 1 is 0.800 bits per heavy atom. The van der Waals surface area contributed by atoms with Crippen molar-refractivity contribution in [2.45, 2.75) is 56.3 Å². The van der Waals surface area contributed by atoms with E-state index in [0.717, 1.165) is 36.0 Å². The van der Waals surface area contributed by atoms with Crippen molar-refractivity contribution in [3.05, 3.63) is 108 Å². The molecule has 3 aromatic rings. The highest BCUT2D eigenvalue weighted by Gasteiger charge is 2.39. The van der Waals surface area contributed by atoms with Gasteiger partial charge in [0.25, 0.3) is 0 Å². The Hall–Kier alpha value is -2.56. The van der Waals surface area contributed by atoms with Gasteiger partial charge in [0.05, 0.1) is 23.9 Å². The number of carbonyl (C=O) groups is 1. The molecule has 0 amide bonds. The number of hydrogen-bond acceptors (Lipinski definition) is 4. The van der Waals surface area contributed by atoms with E-state index in [2.05, 4.69) is 79.7 Å². The van der Waals surface area contributed by atoms with Gasteiger partial charge in [-0.05, 0) is 23.1 Å². The predicted molar refractivity (Wildman–Crippen MR) is 147 cm³/mol. The number of esters is 1. The topological polar surface area (TPSA) is 46.5 Å². The summed E-state index contributed by atoms with van der Waals surface area (Å²) in [6, 6.07) is 31.3. The average Bonchev–Trinajstić information content (AvgIpc) is 2.92. The van der Waals surface area contributed by atoms with E-state index in [9.17, 15) is 9.90 Å². The minimum absolute atomic E-state index is 0.321. The molecule has 0 aliphatic heterocycles. The van der Waals surface area contributed by atoms with Crippen molar-refractivity contribution in [2.75, 3.05) is 12.9 Å². The second-order valence-electron chi connectivity index (χ2n) is 8.99. The van der Waals surface area contributed by atoms with Crippen LogP contribution in [-0.4, -0.2) is 30.0 Å². The van der Waals surface area contributed by atoms with Gasteiger partial charge in [-0.1, -0.05) is 130 Å². The van der Waals surface area contributed by atoms with Crippen LogP contribution in [0.3, 0.4) is 0 Å². The first-order valence-corrected chi connectivity index (χ1v) is 13.7. The van der Waals surface area contributed by atoms with Gasteiger partial charge in [-0.3, -0.25) is 4.79 Å². The Labute approximate surface area is 214 Å². The quantitative estimate of drug-likeness (QED) is 0.147. The summed E-state index contributed by atoms with van der Waals surface area (Å²) in [5, 5.41) is 11.3. The first-order chi connectivity index (χ1) is 17.1. The van der Waals surface area contributed by atoms with E-state index in [1.807, 2.05) is 18.2 Å². The van der Waals surface area contributed by atoms with Crippen LogP contribution in [0.25, 0.3) is 0 Å². The largest absolute Gasteiger partial charge is 0.469 e. The van der Waals surface area contributed by atoms with Gasteiger partial charge in [-0.2, -0.15) is 0 Å². The van der Waals surface area contributed by atoms with Gasteiger partial charge in [-0.15, -0.1) is 11.8 Å². The van der Waals surface area contributed by atoms with Crippen molar-refractivity contribution in [3.63, 3.8) is 0 Å². The molecule has 0 bridgehead atoms. The lowest BCUT2D eigenvalue weighted by Gasteiger charge is -2.36. The molecule has 0 saturated heterocycles. The van der Waals surface area contributed by atoms with E-state index < -0.39 is 16.8 Å². The SMILES string of the molecule is CCCCCCCC(C(=O)OC)C(O)CSC(c1ccccc1)(c1ccccc1)c1ccccc1. The van der Waals surface area contributed by atoms with Crippen LogP contribution in [0.4, 0.5) is 0 Å². The van der Waals surface area contributed by atoms with Crippen molar-refractivity contribution in [1.29, 1.82) is 0 Å². The van der Waals surface area contributed by atoms with Crippen LogP contribution in [-0.2, 0) is 14.3 Å². The van der Waals surface area contributed by atoms with Gasteiger partial charge >= 0.3 is 5.97 Å². The Balaban J connectivity index is 1.92. The van der Waals surface area contributed by atoms with E-state index in [1.54, 1.807) is 11.8 Å². The number of methoxy groups -OCH3 is 1. The fraction of sp³-hybridized carbons (Fsp3) is 0.387. The molecule has 0 heterocycles. The van der Waals surface area contributed by atoms with Crippen LogP contribution in [0.2, 0.25) is 0 Å². The molecule has 0 aliphatic carbocycles. The van der Waals surface area contributed by atoms with Crippen LogP contribution < -0.4 is 0 Å². The van der Waals surface area contributed by atoms with E-state index in [1.165, 1.54) is 20.0 Å². The van der Waals surface area contributed by atoms with Crippen LogP contribution in [0.15, 0.2) is 91.0 Å². The molecular weight excluding hydrogens is 452 g/mol. The van der Waals surface area contributed by atoms with Crippen LogP contribution in [0.5, 0.6) is 0 Å². The molecule has 35 heavy (non-hydrogen) atoms. The van der Waals surface area contributed by atoms with Crippen LogP contribution in [0.1, 0.15) is 62.1 Å². The number of hydrogen-bond donors (Lipinski definition) is 1. The zero-order chi connectivity index (χ0) is 24.9. The van der Waals surface area contributed by atoms with Gasteiger partial charge in [0.2, 0.25) is 0 Å². The summed E-state index contributed by atoms with van der Waals surface area (Å²) in [6.45, 7) is 2.19. The third-order valence-corrected chi connectivity index (χ3v) is 8.25. The minimum atomic E-state index is -0.797. The lowest BCUT2D eigenvalue weighted by atomic mass is 9.84. The predicted octanol–water partition coefficient (Wildman–Crippen LogP) is 7.22. The molecule has 186 valence electrons. The third kappa shape index (κ3) is 6.99. The molecule has 0 saturated carbocycles. The van der Waals surface area contributed by atoms with E-state index in [0.29, 0.717) is 12.2 Å². The highest BCUT2D eigenvalue weighted by atomic mass is 32.2. The number of aliphatic hydroxyl groups is 1. The van der Waals surface area contributed by atoms with Gasteiger partial charge in [0.1, 0.15) is 0 Å². The smallest absolute Gasteiger partial charge is 0.311 e. The lowest BCUT2D eigenvalue weighted by Crippen LogP contribution is -2.34. The van der Waals surface area contributed by atoms with E-state index in [-0.39, 0.29) is 5.97 Å². The third-order valence-electron chi connectivity index (χ3n) is 6.60. The number of aliphatic hydroxyl groups excluding tert-OH is 1. The van der Waals surface area contributed by atoms with E-state index >= 15 is 0 Å². The number of rotatable bonds is 14. The molecule has 1 N–H and O–H groups in total. The number of carbonyl (C=O) groups excluding carboxylic acids is 1. The standard InChI is InChI=1S/C31H38O3S/c1-3-4-5-6-16-23-28(30(33)34-2)29(32)24-35-31(25-17-10-7-11-18-25,26-19-12-8-13-20-26)27-21-14-9-15-22-27/h7-15,17-22,28-29,32H,3-6,16,23-24H2,1-2H3. The second kappa shape index (κ2) is 14.1. The Kier molecular flexibility index (Phi) is 10.9. The average molecular weight is 491 g/mol. The van der Waals surface area contributed by atoms with Gasteiger partial charge in [0.15, 0.2) is 0 Å². The number of unbranched alkanes of at least 4 members (excludes halogenated alkanes) is 4. The fourth-order valence-electron chi connectivity index (χ4n) is 4.68. The molecule has 0 aromatic heterocycles. The number of benzene rings is 3. The Morgan fingerprint density at radius 2 is 1.26 bits per heavy atom. The molecule has 0 radical (unpaired) electrons. The lowest BCUT2D eigenvalue weighted by molar-refractivity contribution is -0.149. The minimum Gasteiger partial charge on any atom is -0.469 e. The molecule has 0 aliphatic rings. The summed E-state index contributed by atoms with van der Waals surface area (Å²) in [5.74, 6) is -0.430. The number of thioether (sulfide) groups is 1. The molecule has 2 unspecified atom stereocenters. The zero-order valence-corrected chi connectivity index (χ0v) is 21.8. The molecule has 3 aromatic carbocycles. The highest BCUT2D eigenvalue weighted by molar-refractivity contribution is 8.00. The molecular formula is C31H38O3S. The van der Waals surface area contributed by atoms with Crippen molar-refractivity contribution in [2.24, 2.45) is 5.92 Å². The zero-order valence-electron chi connectivity index (χ0n) is 20.9. The molecule has 3 rings (SSSR count). The monoisotopic (exact) mass is 490 g/mol. The maximum atomic E-state index is 12.6. The van der Waals surface area contributed by atoms with Crippen LogP contribution >= 0.6 is 11.8 Å². The first-order valence-electron chi connectivity index (χ1n) is 12.7. The molecule has 0 fully saturated rings. The van der Waals surface area contributed by atoms with Crippen molar-refractivity contribution < 1.29 is 14.6 Å². The maximum Gasteiger partial charge on any atom is 0.311 e.